The van der Waals surface area contributed by atoms with Crippen molar-refractivity contribution in [2.75, 3.05) is 26.2 Å². The van der Waals surface area contributed by atoms with Crippen molar-refractivity contribution < 1.29 is 13.9 Å². The fourth-order valence-corrected chi connectivity index (χ4v) is 3.79. The summed E-state index contributed by atoms with van der Waals surface area (Å²) in [5.74, 6) is 0.713. The first-order valence-electron chi connectivity index (χ1n) is 8.53. The van der Waals surface area contributed by atoms with E-state index in [1.54, 1.807) is 6.07 Å². The molecule has 0 radical (unpaired) electrons. The maximum atomic E-state index is 12.7. The van der Waals surface area contributed by atoms with Crippen LogP contribution >= 0.6 is 24.8 Å². The maximum absolute atomic E-state index is 12.7. The van der Waals surface area contributed by atoms with Gasteiger partial charge in [-0.15, -0.1) is 24.8 Å². The van der Waals surface area contributed by atoms with E-state index < -0.39 is 0 Å². The number of amides is 1. The molecule has 0 bridgehead atoms. The highest BCUT2D eigenvalue weighted by Gasteiger charge is 2.33. The molecule has 1 amide bonds. The number of carbonyl (C=O) groups is 1. The molecule has 0 aromatic carbocycles. The van der Waals surface area contributed by atoms with Crippen LogP contribution in [0.1, 0.15) is 42.8 Å². The molecular formula is C17H29Cl2N3O3. The highest BCUT2D eigenvalue weighted by Crippen LogP contribution is 2.23. The Kier molecular flexibility index (Phi) is 8.71. The van der Waals surface area contributed by atoms with Crippen LogP contribution in [-0.4, -0.2) is 60.1 Å². The number of morpholine rings is 1. The van der Waals surface area contributed by atoms with Crippen LogP contribution in [0.15, 0.2) is 16.7 Å². The van der Waals surface area contributed by atoms with Crippen LogP contribution in [0.3, 0.4) is 0 Å². The third kappa shape index (κ3) is 5.34. The van der Waals surface area contributed by atoms with Crippen molar-refractivity contribution in [3.8, 4) is 0 Å². The van der Waals surface area contributed by atoms with Crippen molar-refractivity contribution in [3.05, 3.63) is 23.7 Å². The first-order valence-corrected chi connectivity index (χ1v) is 8.53. The number of carbonyl (C=O) groups excluding carboxylic acids is 1. The minimum absolute atomic E-state index is 0. The number of furan rings is 1. The summed E-state index contributed by atoms with van der Waals surface area (Å²) in [6, 6.07) is 2.03. The Morgan fingerprint density at radius 2 is 1.96 bits per heavy atom. The Morgan fingerprint density at radius 1 is 1.28 bits per heavy atom. The van der Waals surface area contributed by atoms with E-state index in [0.717, 1.165) is 39.0 Å². The minimum Gasteiger partial charge on any atom is -0.467 e. The summed E-state index contributed by atoms with van der Waals surface area (Å²) in [6.45, 7) is 8.16. The first kappa shape index (κ1) is 22.3. The van der Waals surface area contributed by atoms with Gasteiger partial charge in [0.25, 0.3) is 5.91 Å². The molecule has 3 atom stereocenters. The first-order chi connectivity index (χ1) is 11.1. The van der Waals surface area contributed by atoms with Crippen molar-refractivity contribution in [1.29, 1.82) is 0 Å². The van der Waals surface area contributed by atoms with E-state index in [-0.39, 0.29) is 49.0 Å². The average Bonchev–Trinajstić information content (AvgIpc) is 3.14. The number of hydrogen-bond acceptors (Lipinski definition) is 5. The second kappa shape index (κ2) is 9.78. The zero-order valence-corrected chi connectivity index (χ0v) is 16.5. The summed E-state index contributed by atoms with van der Waals surface area (Å²) in [4.78, 5) is 17.2. The highest BCUT2D eigenvalue weighted by molar-refractivity contribution is 5.94. The van der Waals surface area contributed by atoms with Gasteiger partial charge in [-0.1, -0.05) is 0 Å². The Morgan fingerprint density at radius 3 is 2.56 bits per heavy atom. The number of nitrogens with two attached hydrogens (primary N) is 1. The molecule has 0 aliphatic carbocycles. The summed E-state index contributed by atoms with van der Waals surface area (Å²) in [7, 11) is 0. The van der Waals surface area contributed by atoms with Crippen LogP contribution in [-0.2, 0) is 11.3 Å². The Hall–Kier alpha value is -0.790. The molecule has 0 spiro atoms. The number of nitrogens with zero attached hydrogens (tertiary/aromatic N) is 2. The molecule has 1 aromatic rings. The predicted molar refractivity (Wildman–Crippen MR) is 102 cm³/mol. The lowest BCUT2D eigenvalue weighted by Gasteiger charge is -2.38. The average molecular weight is 394 g/mol. The number of halogens is 2. The normalized spacial score (nSPS) is 26.8. The van der Waals surface area contributed by atoms with E-state index in [1.165, 1.54) is 6.26 Å². The van der Waals surface area contributed by atoms with E-state index in [1.807, 2.05) is 4.90 Å². The molecule has 1 aromatic heterocycles. The van der Waals surface area contributed by atoms with Crippen LogP contribution in [0.2, 0.25) is 0 Å². The number of hydrogen-bond donors (Lipinski definition) is 1. The van der Waals surface area contributed by atoms with Gasteiger partial charge in [-0.2, -0.15) is 0 Å². The molecule has 2 fully saturated rings. The molecule has 25 heavy (non-hydrogen) atoms. The molecule has 3 heterocycles. The van der Waals surface area contributed by atoms with Crippen molar-refractivity contribution in [1.82, 2.24) is 9.80 Å². The summed E-state index contributed by atoms with van der Waals surface area (Å²) in [5.41, 5.74) is 6.17. The zero-order chi connectivity index (χ0) is 16.4. The Labute approximate surface area is 161 Å². The second-order valence-corrected chi connectivity index (χ2v) is 6.78. The van der Waals surface area contributed by atoms with E-state index in [4.69, 9.17) is 14.9 Å². The third-order valence-electron chi connectivity index (χ3n) is 4.70. The summed E-state index contributed by atoms with van der Waals surface area (Å²) >= 11 is 0. The van der Waals surface area contributed by atoms with Crippen LogP contribution in [0.25, 0.3) is 0 Å². The maximum Gasteiger partial charge on any atom is 0.257 e. The van der Waals surface area contributed by atoms with Crippen molar-refractivity contribution >= 4 is 30.7 Å². The molecule has 2 aliphatic rings. The molecule has 3 rings (SSSR count). The van der Waals surface area contributed by atoms with E-state index in [9.17, 15) is 4.79 Å². The monoisotopic (exact) mass is 393 g/mol. The van der Waals surface area contributed by atoms with Gasteiger partial charge in [0.05, 0.1) is 24.3 Å². The molecule has 2 saturated heterocycles. The largest absolute Gasteiger partial charge is 0.467 e. The summed E-state index contributed by atoms with van der Waals surface area (Å²) in [5, 5.41) is 0. The Balaban J connectivity index is 0.00000156. The predicted octanol–water partition coefficient (Wildman–Crippen LogP) is 2.30. The topological polar surface area (TPSA) is 71.9 Å². The van der Waals surface area contributed by atoms with Gasteiger partial charge in [-0.05, 0) is 32.8 Å². The smallest absolute Gasteiger partial charge is 0.257 e. The number of likely N-dealkylation sites (tertiary alicyclic amines) is 1. The van der Waals surface area contributed by atoms with Gasteiger partial charge in [0.1, 0.15) is 12.0 Å². The lowest BCUT2D eigenvalue weighted by molar-refractivity contribution is -0.0715. The van der Waals surface area contributed by atoms with Crippen LogP contribution in [0.5, 0.6) is 0 Å². The second-order valence-electron chi connectivity index (χ2n) is 6.78. The van der Waals surface area contributed by atoms with E-state index in [2.05, 4.69) is 18.7 Å². The van der Waals surface area contributed by atoms with Gasteiger partial charge in [-0.3, -0.25) is 9.69 Å². The van der Waals surface area contributed by atoms with Crippen LogP contribution in [0.4, 0.5) is 0 Å². The van der Waals surface area contributed by atoms with Crippen molar-refractivity contribution in [3.63, 3.8) is 0 Å². The minimum atomic E-state index is 0. The van der Waals surface area contributed by atoms with Gasteiger partial charge in [0, 0.05) is 32.2 Å². The standard InChI is InChI=1S/C17H27N3O3.2ClH/c1-12-8-19(9-13(2)23-12)10-15-4-3-5-20(15)17(21)14-6-16(7-18)22-11-14;;/h6,11-13,15H,3-5,7-10,18H2,1-2H3;2*1H. The van der Waals surface area contributed by atoms with Gasteiger partial charge < -0.3 is 19.8 Å². The van der Waals surface area contributed by atoms with Gasteiger partial charge >= 0.3 is 0 Å². The lowest BCUT2D eigenvalue weighted by atomic mass is 10.1. The molecule has 144 valence electrons. The molecule has 0 saturated carbocycles. The lowest BCUT2D eigenvalue weighted by Crippen LogP contribution is -2.50. The molecule has 2 N–H and O–H groups in total. The fraction of sp³-hybridized carbons (Fsp3) is 0.706. The van der Waals surface area contributed by atoms with Crippen LogP contribution in [0, 0.1) is 0 Å². The van der Waals surface area contributed by atoms with Gasteiger partial charge in [-0.25, -0.2) is 0 Å². The molecule has 6 nitrogen and oxygen atoms in total. The third-order valence-corrected chi connectivity index (χ3v) is 4.70. The SMILES string of the molecule is CC1CN(CC2CCCN2C(=O)c2coc(CN)c2)CC(C)O1.Cl.Cl. The number of rotatable bonds is 4. The molecular weight excluding hydrogens is 365 g/mol. The fourth-order valence-electron chi connectivity index (χ4n) is 3.79. The van der Waals surface area contributed by atoms with Crippen molar-refractivity contribution in [2.45, 2.75) is 51.5 Å². The Bertz CT molecular complexity index is 545. The molecule has 8 heteroatoms. The van der Waals surface area contributed by atoms with E-state index in [0.29, 0.717) is 17.9 Å². The van der Waals surface area contributed by atoms with Crippen LogP contribution < -0.4 is 5.73 Å². The highest BCUT2D eigenvalue weighted by atomic mass is 35.5. The van der Waals surface area contributed by atoms with Gasteiger partial charge in [0.2, 0.25) is 0 Å². The van der Waals surface area contributed by atoms with Crippen molar-refractivity contribution in [2.24, 2.45) is 5.73 Å². The zero-order valence-electron chi connectivity index (χ0n) is 14.8. The summed E-state index contributed by atoms with van der Waals surface area (Å²) in [6.07, 6.45) is 4.16. The quantitative estimate of drug-likeness (QED) is 0.849. The number of ether oxygens (including phenoxy) is 1. The van der Waals surface area contributed by atoms with Gasteiger partial charge in [0.15, 0.2) is 0 Å². The molecule has 2 aliphatic heterocycles. The summed E-state index contributed by atoms with van der Waals surface area (Å²) < 4.78 is 11.1. The van der Waals surface area contributed by atoms with E-state index >= 15 is 0 Å². The molecule has 3 unspecified atom stereocenters.